The number of nitrogens with one attached hydrogen (secondary N) is 2. The number of aliphatic hydroxyl groups is 1. The lowest BCUT2D eigenvalue weighted by Gasteiger charge is -2.50. The molecule has 0 saturated carbocycles. The van der Waals surface area contributed by atoms with E-state index in [0.717, 1.165) is 11.3 Å². The van der Waals surface area contributed by atoms with Crippen LogP contribution in [0.3, 0.4) is 0 Å². The molecular weight excluding hydrogens is 395 g/mol. The van der Waals surface area contributed by atoms with E-state index in [9.17, 15) is 9.50 Å². The molecule has 1 atom stereocenters. The van der Waals surface area contributed by atoms with Crippen molar-refractivity contribution in [3.05, 3.63) is 66.4 Å². The minimum absolute atomic E-state index is 0.0725. The Balaban J connectivity index is 1.59. The Hall–Kier alpha value is -3.26. The number of nitrogens with zero attached hydrogens (tertiary/aromatic N) is 4. The molecule has 0 radical (unpaired) electrons. The summed E-state index contributed by atoms with van der Waals surface area (Å²) >= 11 is 0. The Bertz CT molecular complexity index is 1020. The van der Waals surface area contributed by atoms with Gasteiger partial charge in [-0.15, -0.1) is 0 Å². The summed E-state index contributed by atoms with van der Waals surface area (Å²) < 4.78 is 13.3. The van der Waals surface area contributed by atoms with Crippen LogP contribution in [0, 0.1) is 11.7 Å². The smallest absolute Gasteiger partial charge is 0.150 e. The molecule has 0 bridgehead atoms. The SMILES string of the molecule is CC(C)C1(O)CN(c2cc(Nc3cnccn3)nc(N[C@@H](C)c3ccc(F)cc3)c2)C1. The van der Waals surface area contributed by atoms with Gasteiger partial charge >= 0.3 is 0 Å². The van der Waals surface area contributed by atoms with Gasteiger partial charge in [0, 0.05) is 49.3 Å². The van der Waals surface area contributed by atoms with Gasteiger partial charge in [0.05, 0.1) is 6.20 Å². The maximum absolute atomic E-state index is 13.3. The number of benzene rings is 1. The summed E-state index contributed by atoms with van der Waals surface area (Å²) in [5, 5.41) is 17.3. The van der Waals surface area contributed by atoms with Crippen molar-refractivity contribution in [2.75, 3.05) is 28.6 Å². The molecule has 7 nitrogen and oxygen atoms in total. The fourth-order valence-electron chi connectivity index (χ4n) is 3.55. The number of hydrogen-bond acceptors (Lipinski definition) is 7. The second-order valence-corrected chi connectivity index (χ2v) is 8.34. The lowest BCUT2D eigenvalue weighted by molar-refractivity contribution is -0.0300. The van der Waals surface area contributed by atoms with Gasteiger partial charge in [-0.05, 0) is 30.5 Å². The van der Waals surface area contributed by atoms with Crippen LogP contribution >= 0.6 is 0 Å². The Morgan fingerprint density at radius 1 is 1.03 bits per heavy atom. The van der Waals surface area contributed by atoms with Gasteiger partial charge in [-0.1, -0.05) is 26.0 Å². The Morgan fingerprint density at radius 2 is 1.74 bits per heavy atom. The van der Waals surface area contributed by atoms with E-state index in [4.69, 9.17) is 0 Å². The van der Waals surface area contributed by atoms with Gasteiger partial charge < -0.3 is 20.6 Å². The number of rotatable bonds is 7. The van der Waals surface area contributed by atoms with E-state index in [1.54, 1.807) is 30.7 Å². The number of pyridine rings is 1. The summed E-state index contributed by atoms with van der Waals surface area (Å²) in [6.07, 6.45) is 4.85. The molecular formula is C23H27FN6O. The second kappa shape index (κ2) is 8.47. The second-order valence-electron chi connectivity index (χ2n) is 8.34. The highest BCUT2D eigenvalue weighted by molar-refractivity contribution is 5.66. The van der Waals surface area contributed by atoms with Gasteiger partial charge in [0.15, 0.2) is 0 Å². The Morgan fingerprint density at radius 3 is 2.39 bits per heavy atom. The summed E-state index contributed by atoms with van der Waals surface area (Å²) in [5.74, 6) is 1.79. The van der Waals surface area contributed by atoms with Crippen molar-refractivity contribution in [3.8, 4) is 0 Å². The average Bonchev–Trinajstić information content (AvgIpc) is 2.72. The minimum Gasteiger partial charge on any atom is -0.386 e. The largest absolute Gasteiger partial charge is 0.386 e. The molecule has 3 N–H and O–H groups in total. The Kier molecular flexibility index (Phi) is 5.73. The number of β-amino-alcohol motifs (C(OH)–C–C–N with tert-alkyl or cyclic N) is 1. The third-order valence-corrected chi connectivity index (χ3v) is 5.73. The molecule has 3 aromatic rings. The van der Waals surface area contributed by atoms with E-state index in [0.29, 0.717) is 30.5 Å². The van der Waals surface area contributed by atoms with Crippen LogP contribution in [0.15, 0.2) is 55.0 Å². The van der Waals surface area contributed by atoms with E-state index in [2.05, 4.69) is 30.5 Å². The van der Waals surface area contributed by atoms with Crippen LogP contribution in [-0.2, 0) is 0 Å². The maximum Gasteiger partial charge on any atom is 0.150 e. The summed E-state index contributed by atoms with van der Waals surface area (Å²) in [6, 6.07) is 10.2. The molecule has 1 aliphatic heterocycles. The molecule has 0 unspecified atom stereocenters. The molecule has 1 saturated heterocycles. The van der Waals surface area contributed by atoms with Crippen molar-refractivity contribution in [1.82, 2.24) is 15.0 Å². The maximum atomic E-state index is 13.3. The van der Waals surface area contributed by atoms with E-state index in [1.165, 1.54) is 12.1 Å². The number of halogens is 1. The van der Waals surface area contributed by atoms with E-state index < -0.39 is 5.60 Å². The van der Waals surface area contributed by atoms with Gasteiger partial charge in [-0.25, -0.2) is 14.4 Å². The molecule has 1 fully saturated rings. The number of anilines is 4. The number of aromatic nitrogens is 3. The predicted octanol–water partition coefficient (Wildman–Crippen LogP) is 4.13. The van der Waals surface area contributed by atoms with Gasteiger partial charge in [-0.2, -0.15) is 0 Å². The molecule has 4 rings (SSSR count). The first-order chi connectivity index (χ1) is 14.8. The standard InChI is InChI=1S/C23H27FN6O/c1-15(2)23(31)13-30(14-23)19-10-20(27-16(3)17-4-6-18(24)7-5-17)28-21(11-19)29-22-12-25-8-9-26-22/h4-12,15-16,31H,13-14H2,1-3H3,(H2,26,27,28,29)/t16-/m0/s1. The first kappa shape index (κ1) is 21.0. The average molecular weight is 423 g/mol. The third-order valence-electron chi connectivity index (χ3n) is 5.73. The predicted molar refractivity (Wildman–Crippen MR) is 120 cm³/mol. The molecule has 1 aromatic carbocycles. The first-order valence-electron chi connectivity index (χ1n) is 10.4. The molecule has 8 heteroatoms. The van der Waals surface area contributed by atoms with E-state index >= 15 is 0 Å². The topological polar surface area (TPSA) is 86.2 Å². The fraction of sp³-hybridized carbons (Fsp3) is 0.348. The molecule has 0 spiro atoms. The van der Waals surface area contributed by atoms with E-state index in [1.807, 2.05) is 32.9 Å². The summed E-state index contributed by atoms with van der Waals surface area (Å²) in [4.78, 5) is 15.1. The summed E-state index contributed by atoms with van der Waals surface area (Å²) in [7, 11) is 0. The van der Waals surface area contributed by atoms with Gasteiger partial charge in [0.25, 0.3) is 0 Å². The van der Waals surface area contributed by atoms with Crippen molar-refractivity contribution in [3.63, 3.8) is 0 Å². The van der Waals surface area contributed by atoms with Crippen LogP contribution in [0.2, 0.25) is 0 Å². The van der Waals surface area contributed by atoms with Crippen molar-refractivity contribution in [2.24, 2.45) is 5.92 Å². The monoisotopic (exact) mass is 422 g/mol. The first-order valence-corrected chi connectivity index (χ1v) is 10.4. The van der Waals surface area contributed by atoms with Crippen LogP contribution in [-0.4, -0.2) is 38.7 Å². The van der Waals surface area contributed by atoms with Crippen molar-refractivity contribution in [2.45, 2.75) is 32.4 Å². The molecule has 1 aliphatic rings. The highest BCUT2D eigenvalue weighted by atomic mass is 19.1. The third kappa shape index (κ3) is 4.74. The van der Waals surface area contributed by atoms with Crippen LogP contribution < -0.4 is 15.5 Å². The Labute approximate surface area is 181 Å². The lowest BCUT2D eigenvalue weighted by Crippen LogP contribution is -2.64. The highest BCUT2D eigenvalue weighted by Gasteiger charge is 2.43. The van der Waals surface area contributed by atoms with Crippen LogP contribution in [0.25, 0.3) is 0 Å². The van der Waals surface area contributed by atoms with Gasteiger partial charge in [0.1, 0.15) is 28.9 Å². The normalized spacial score (nSPS) is 16.0. The van der Waals surface area contributed by atoms with Crippen molar-refractivity contribution < 1.29 is 9.50 Å². The van der Waals surface area contributed by atoms with Crippen LogP contribution in [0.4, 0.5) is 27.5 Å². The number of hydrogen-bond donors (Lipinski definition) is 3. The fourth-order valence-corrected chi connectivity index (χ4v) is 3.55. The zero-order valence-electron chi connectivity index (χ0n) is 17.9. The molecule has 0 amide bonds. The molecule has 31 heavy (non-hydrogen) atoms. The van der Waals surface area contributed by atoms with Gasteiger partial charge in [0.2, 0.25) is 0 Å². The van der Waals surface area contributed by atoms with Crippen molar-refractivity contribution in [1.29, 1.82) is 0 Å². The highest BCUT2D eigenvalue weighted by Crippen LogP contribution is 2.35. The zero-order chi connectivity index (χ0) is 22.0. The van der Waals surface area contributed by atoms with Crippen LogP contribution in [0.5, 0.6) is 0 Å². The molecule has 2 aromatic heterocycles. The molecule has 3 heterocycles. The lowest BCUT2D eigenvalue weighted by atomic mass is 9.83. The molecule has 162 valence electrons. The van der Waals surface area contributed by atoms with Crippen molar-refractivity contribution >= 4 is 23.1 Å². The summed E-state index contributed by atoms with van der Waals surface area (Å²) in [5.41, 5.74) is 1.22. The molecule has 0 aliphatic carbocycles. The minimum atomic E-state index is -0.684. The summed E-state index contributed by atoms with van der Waals surface area (Å²) in [6.45, 7) is 7.18. The zero-order valence-corrected chi connectivity index (χ0v) is 17.9. The van der Waals surface area contributed by atoms with Gasteiger partial charge in [-0.3, -0.25) is 4.98 Å². The van der Waals surface area contributed by atoms with Crippen LogP contribution in [0.1, 0.15) is 32.4 Å². The van der Waals surface area contributed by atoms with E-state index in [-0.39, 0.29) is 17.8 Å². The quantitative estimate of drug-likeness (QED) is 0.528.